The lowest BCUT2D eigenvalue weighted by molar-refractivity contribution is -0.0829. The van der Waals surface area contributed by atoms with Crippen LogP contribution in [-0.4, -0.2) is 51.0 Å². The van der Waals surface area contributed by atoms with Gasteiger partial charge in [-0.2, -0.15) is 0 Å². The molecule has 0 aromatic carbocycles. The zero-order valence-corrected chi connectivity index (χ0v) is 12.3. The van der Waals surface area contributed by atoms with E-state index in [0.717, 1.165) is 44.1 Å². The third kappa shape index (κ3) is 2.69. The highest BCUT2D eigenvalue weighted by atomic mass is 16.6. The molecule has 7 heteroatoms. The molecule has 2 fully saturated rings. The van der Waals surface area contributed by atoms with Crippen LogP contribution in [0.3, 0.4) is 0 Å². The van der Waals surface area contributed by atoms with Crippen LogP contribution in [-0.2, 0) is 9.47 Å². The molecule has 1 spiro atoms. The molecule has 0 unspecified atom stereocenters. The Hall–Kier alpha value is -1.99. The highest BCUT2D eigenvalue weighted by molar-refractivity contribution is 5.41. The smallest absolute Gasteiger partial charge is 0.143 e. The second-order valence-corrected chi connectivity index (χ2v) is 5.90. The fraction of sp³-hybridized carbons (Fsp3) is 0.533. The van der Waals surface area contributed by atoms with Crippen LogP contribution in [0.15, 0.2) is 31.1 Å². The van der Waals surface area contributed by atoms with E-state index in [2.05, 4.69) is 20.3 Å². The van der Waals surface area contributed by atoms with Crippen LogP contribution in [0.2, 0.25) is 0 Å². The van der Waals surface area contributed by atoms with Crippen molar-refractivity contribution in [1.82, 2.24) is 19.5 Å². The minimum Gasteiger partial charge on any atom is -0.378 e. The molecule has 4 rings (SSSR count). The molecule has 0 bridgehead atoms. The topological polar surface area (TPSA) is 74.1 Å². The first kappa shape index (κ1) is 13.7. The fourth-order valence-electron chi connectivity index (χ4n) is 3.19. The number of imidazole rings is 1. The van der Waals surface area contributed by atoms with Gasteiger partial charge >= 0.3 is 0 Å². The Morgan fingerprint density at radius 2 is 2.32 bits per heavy atom. The predicted molar refractivity (Wildman–Crippen MR) is 79.9 cm³/mol. The lowest BCUT2D eigenvalue weighted by Gasteiger charge is -2.37. The maximum Gasteiger partial charge on any atom is 0.143 e. The molecule has 2 aromatic rings. The molecular formula is C15H19N5O2. The molecule has 0 aliphatic carbocycles. The summed E-state index contributed by atoms with van der Waals surface area (Å²) in [6.45, 7) is 2.26. The molecule has 2 atom stereocenters. The van der Waals surface area contributed by atoms with Crippen molar-refractivity contribution in [3.05, 3.63) is 31.1 Å². The van der Waals surface area contributed by atoms with Gasteiger partial charge in [0.25, 0.3) is 0 Å². The number of rotatable bonds is 3. The zero-order chi connectivity index (χ0) is 14.8. The van der Waals surface area contributed by atoms with Gasteiger partial charge in [0, 0.05) is 44.1 Å². The van der Waals surface area contributed by atoms with Crippen LogP contribution in [0.25, 0.3) is 5.82 Å². The number of anilines is 1. The monoisotopic (exact) mass is 301 g/mol. The standard InChI is InChI=1S/C15H19N5O2/c1-5-22-15(2-6-21-9-15)8-12(1)19-13-7-14(18-10-17-13)20-4-3-16-11-20/h3-4,7,10-12H,1-2,5-6,8-9H2,(H,17,18,19)/t12-,15-/m1/s1. The van der Waals surface area contributed by atoms with E-state index in [4.69, 9.17) is 9.47 Å². The Balaban J connectivity index is 1.48. The zero-order valence-electron chi connectivity index (χ0n) is 12.3. The van der Waals surface area contributed by atoms with Gasteiger partial charge in [0.1, 0.15) is 24.3 Å². The van der Waals surface area contributed by atoms with Gasteiger partial charge in [-0.1, -0.05) is 0 Å². The van der Waals surface area contributed by atoms with E-state index in [1.54, 1.807) is 18.9 Å². The average molecular weight is 301 g/mol. The minimum atomic E-state index is -0.101. The van der Waals surface area contributed by atoms with Gasteiger partial charge in [-0.15, -0.1) is 0 Å². The summed E-state index contributed by atoms with van der Waals surface area (Å²) in [5.41, 5.74) is -0.101. The minimum absolute atomic E-state index is 0.101. The first-order valence-corrected chi connectivity index (χ1v) is 7.62. The van der Waals surface area contributed by atoms with Gasteiger partial charge < -0.3 is 14.8 Å². The third-order valence-electron chi connectivity index (χ3n) is 4.33. The number of ether oxygens (including phenoxy) is 2. The predicted octanol–water partition coefficient (Wildman–Crippen LogP) is 1.41. The summed E-state index contributed by atoms with van der Waals surface area (Å²) in [4.78, 5) is 12.6. The first-order chi connectivity index (χ1) is 10.8. The molecule has 2 aliphatic rings. The number of nitrogens with one attached hydrogen (secondary N) is 1. The van der Waals surface area contributed by atoms with E-state index in [9.17, 15) is 0 Å². The van der Waals surface area contributed by atoms with Gasteiger partial charge in [0.05, 0.1) is 12.2 Å². The van der Waals surface area contributed by atoms with E-state index in [-0.39, 0.29) is 5.60 Å². The van der Waals surface area contributed by atoms with Crippen LogP contribution >= 0.6 is 0 Å². The molecule has 2 aliphatic heterocycles. The summed E-state index contributed by atoms with van der Waals surface area (Å²) in [6, 6.07) is 2.29. The van der Waals surface area contributed by atoms with Crippen LogP contribution < -0.4 is 5.32 Å². The van der Waals surface area contributed by atoms with Crippen molar-refractivity contribution in [2.24, 2.45) is 0 Å². The normalized spacial score (nSPS) is 28.1. The van der Waals surface area contributed by atoms with Crippen molar-refractivity contribution in [1.29, 1.82) is 0 Å². The molecule has 22 heavy (non-hydrogen) atoms. The molecule has 0 amide bonds. The van der Waals surface area contributed by atoms with Crippen molar-refractivity contribution in [2.45, 2.75) is 30.9 Å². The highest BCUT2D eigenvalue weighted by Gasteiger charge is 2.41. The third-order valence-corrected chi connectivity index (χ3v) is 4.33. The van der Waals surface area contributed by atoms with Crippen LogP contribution in [0, 0.1) is 0 Å². The van der Waals surface area contributed by atoms with Crippen molar-refractivity contribution in [3.63, 3.8) is 0 Å². The van der Waals surface area contributed by atoms with Crippen molar-refractivity contribution in [2.75, 3.05) is 25.1 Å². The van der Waals surface area contributed by atoms with E-state index < -0.39 is 0 Å². The maximum atomic E-state index is 5.97. The van der Waals surface area contributed by atoms with Gasteiger partial charge in [-0.05, 0) is 12.8 Å². The Bertz CT molecular complexity index is 625. The number of hydrogen-bond donors (Lipinski definition) is 1. The summed E-state index contributed by atoms with van der Waals surface area (Å²) in [5.74, 6) is 1.64. The largest absolute Gasteiger partial charge is 0.378 e. The van der Waals surface area contributed by atoms with Crippen LogP contribution in [0.1, 0.15) is 19.3 Å². The molecule has 4 heterocycles. The maximum absolute atomic E-state index is 5.97. The molecule has 0 radical (unpaired) electrons. The molecule has 1 N–H and O–H groups in total. The first-order valence-electron chi connectivity index (χ1n) is 7.62. The Kier molecular flexibility index (Phi) is 3.51. The average Bonchev–Trinajstić information content (AvgIpc) is 3.20. The van der Waals surface area contributed by atoms with Crippen molar-refractivity contribution in [3.8, 4) is 5.82 Å². The second kappa shape index (κ2) is 5.66. The lowest BCUT2D eigenvalue weighted by Crippen LogP contribution is -2.45. The van der Waals surface area contributed by atoms with Crippen molar-refractivity contribution < 1.29 is 9.47 Å². The highest BCUT2D eigenvalue weighted by Crippen LogP contribution is 2.33. The molecule has 0 saturated carbocycles. The van der Waals surface area contributed by atoms with E-state index in [1.807, 2.05) is 16.8 Å². The Morgan fingerprint density at radius 3 is 3.14 bits per heavy atom. The van der Waals surface area contributed by atoms with E-state index in [1.165, 1.54) is 0 Å². The quantitative estimate of drug-likeness (QED) is 0.924. The molecule has 116 valence electrons. The van der Waals surface area contributed by atoms with E-state index in [0.29, 0.717) is 12.6 Å². The summed E-state index contributed by atoms with van der Waals surface area (Å²) in [6.07, 6.45) is 9.82. The second-order valence-electron chi connectivity index (χ2n) is 5.90. The summed E-state index contributed by atoms with van der Waals surface area (Å²) in [7, 11) is 0. The molecule has 7 nitrogen and oxygen atoms in total. The van der Waals surface area contributed by atoms with Crippen LogP contribution in [0.5, 0.6) is 0 Å². The summed E-state index contributed by atoms with van der Waals surface area (Å²) >= 11 is 0. The van der Waals surface area contributed by atoms with Gasteiger partial charge in [0.2, 0.25) is 0 Å². The number of aromatic nitrogens is 4. The summed E-state index contributed by atoms with van der Waals surface area (Å²) in [5, 5.41) is 3.51. The van der Waals surface area contributed by atoms with Gasteiger partial charge in [-0.3, -0.25) is 4.57 Å². The number of nitrogens with zero attached hydrogens (tertiary/aromatic N) is 4. The SMILES string of the molecule is c1cn(-c2cc(N[C@@H]3CCO[C@]4(CCOC4)C3)ncn2)cn1. The fourth-order valence-corrected chi connectivity index (χ4v) is 3.19. The Morgan fingerprint density at radius 1 is 1.32 bits per heavy atom. The molecular weight excluding hydrogens is 282 g/mol. The summed E-state index contributed by atoms with van der Waals surface area (Å²) < 4.78 is 13.3. The number of hydrogen-bond acceptors (Lipinski definition) is 6. The van der Waals surface area contributed by atoms with Gasteiger partial charge in [-0.25, -0.2) is 15.0 Å². The van der Waals surface area contributed by atoms with Crippen molar-refractivity contribution >= 4 is 5.82 Å². The Labute approximate surface area is 128 Å². The van der Waals surface area contributed by atoms with Gasteiger partial charge in [0.15, 0.2) is 0 Å². The van der Waals surface area contributed by atoms with E-state index >= 15 is 0 Å². The molecule has 2 aromatic heterocycles. The van der Waals surface area contributed by atoms with Crippen LogP contribution in [0.4, 0.5) is 5.82 Å². The molecule has 2 saturated heterocycles. The lowest BCUT2D eigenvalue weighted by atomic mass is 9.90.